The van der Waals surface area contributed by atoms with Crippen LogP contribution in [0.15, 0.2) is 53.7 Å². The van der Waals surface area contributed by atoms with E-state index in [0.717, 1.165) is 11.8 Å². The molecule has 6 heteroatoms. The van der Waals surface area contributed by atoms with Crippen molar-refractivity contribution in [2.45, 2.75) is 11.4 Å². The summed E-state index contributed by atoms with van der Waals surface area (Å²) in [6.07, 6.45) is 4.44. The van der Waals surface area contributed by atoms with Crippen LogP contribution in [0.5, 0.6) is 0 Å². The fourth-order valence-electron chi connectivity index (χ4n) is 1.64. The van der Waals surface area contributed by atoms with Gasteiger partial charge in [0.2, 0.25) is 0 Å². The average Bonchev–Trinajstić information content (AvgIpc) is 2.45. The number of nitrogens with zero attached hydrogens (tertiary/aromatic N) is 1. The molecule has 0 aliphatic heterocycles. The minimum Gasteiger partial charge on any atom is -0.348 e. The molecule has 1 N–H and O–H groups in total. The number of hydrogen-bond acceptors (Lipinski definition) is 4. The number of amides is 1. The van der Waals surface area contributed by atoms with Gasteiger partial charge in [-0.2, -0.15) is 0 Å². The molecule has 20 heavy (non-hydrogen) atoms. The summed E-state index contributed by atoms with van der Waals surface area (Å²) < 4.78 is 22.6. The second-order valence-corrected chi connectivity index (χ2v) is 6.35. The fourth-order valence-corrected chi connectivity index (χ4v) is 2.27. The summed E-state index contributed by atoms with van der Waals surface area (Å²) in [5, 5.41) is 2.76. The minimum atomic E-state index is -3.24. The summed E-state index contributed by atoms with van der Waals surface area (Å²) in [5.41, 5.74) is 1.37. The van der Waals surface area contributed by atoms with Gasteiger partial charge >= 0.3 is 0 Å². The van der Waals surface area contributed by atoms with Crippen LogP contribution in [0.3, 0.4) is 0 Å². The van der Waals surface area contributed by atoms with E-state index < -0.39 is 9.84 Å². The predicted octanol–water partition coefficient (Wildman–Crippen LogP) is 1.42. The molecule has 2 rings (SSSR count). The third-order valence-electron chi connectivity index (χ3n) is 2.75. The molecule has 0 aliphatic rings. The first-order chi connectivity index (χ1) is 9.47. The molecule has 0 fully saturated rings. The van der Waals surface area contributed by atoms with Gasteiger partial charge in [0, 0.05) is 30.8 Å². The third kappa shape index (κ3) is 3.64. The summed E-state index contributed by atoms with van der Waals surface area (Å²) in [5.74, 6) is -0.248. The van der Waals surface area contributed by atoms with E-state index in [1.54, 1.807) is 12.4 Å². The SMILES string of the molecule is CS(=O)(=O)c1ccc(C(=O)NCc2ccncc2)cc1. The Morgan fingerprint density at radius 2 is 1.70 bits per heavy atom. The largest absolute Gasteiger partial charge is 0.348 e. The zero-order chi connectivity index (χ0) is 14.6. The molecular formula is C14H14N2O3S. The van der Waals surface area contributed by atoms with Crippen molar-refractivity contribution in [3.8, 4) is 0 Å². The average molecular weight is 290 g/mol. The normalized spacial score (nSPS) is 11.1. The molecule has 1 aromatic carbocycles. The Bertz CT molecular complexity index is 695. The zero-order valence-electron chi connectivity index (χ0n) is 10.9. The molecule has 2 aromatic rings. The number of hydrogen-bond donors (Lipinski definition) is 1. The van der Waals surface area contributed by atoms with Crippen molar-refractivity contribution in [3.05, 3.63) is 59.9 Å². The van der Waals surface area contributed by atoms with E-state index in [1.807, 2.05) is 12.1 Å². The van der Waals surface area contributed by atoms with Crippen molar-refractivity contribution >= 4 is 15.7 Å². The maximum absolute atomic E-state index is 11.9. The van der Waals surface area contributed by atoms with Gasteiger partial charge in [0.05, 0.1) is 4.90 Å². The second-order valence-electron chi connectivity index (χ2n) is 4.33. The van der Waals surface area contributed by atoms with E-state index in [0.29, 0.717) is 12.1 Å². The smallest absolute Gasteiger partial charge is 0.251 e. The van der Waals surface area contributed by atoms with Crippen molar-refractivity contribution in [1.82, 2.24) is 10.3 Å². The molecule has 0 radical (unpaired) electrons. The molecule has 5 nitrogen and oxygen atoms in total. The van der Waals surface area contributed by atoms with Gasteiger partial charge in [-0.05, 0) is 42.0 Å². The standard InChI is InChI=1S/C14H14N2O3S/c1-20(18,19)13-4-2-12(3-5-13)14(17)16-10-11-6-8-15-9-7-11/h2-9H,10H2,1H3,(H,16,17). The van der Waals surface area contributed by atoms with Gasteiger partial charge < -0.3 is 5.32 Å². The molecule has 0 atom stereocenters. The van der Waals surface area contributed by atoms with Crippen LogP contribution in [0.25, 0.3) is 0 Å². The van der Waals surface area contributed by atoms with Crippen LogP contribution in [-0.4, -0.2) is 25.6 Å². The van der Waals surface area contributed by atoms with Crippen molar-refractivity contribution in [3.63, 3.8) is 0 Å². The van der Waals surface area contributed by atoms with Crippen molar-refractivity contribution in [2.24, 2.45) is 0 Å². The number of aromatic nitrogens is 1. The van der Waals surface area contributed by atoms with Crippen LogP contribution in [-0.2, 0) is 16.4 Å². The van der Waals surface area contributed by atoms with E-state index in [4.69, 9.17) is 0 Å². The Morgan fingerprint density at radius 1 is 1.10 bits per heavy atom. The minimum absolute atomic E-state index is 0.197. The summed E-state index contributed by atoms with van der Waals surface area (Å²) >= 11 is 0. The lowest BCUT2D eigenvalue weighted by Gasteiger charge is -2.06. The lowest BCUT2D eigenvalue weighted by molar-refractivity contribution is 0.0951. The predicted molar refractivity (Wildman–Crippen MR) is 75.0 cm³/mol. The van der Waals surface area contributed by atoms with Gasteiger partial charge in [-0.1, -0.05) is 0 Å². The molecule has 104 valence electrons. The van der Waals surface area contributed by atoms with Crippen molar-refractivity contribution in [1.29, 1.82) is 0 Å². The Kier molecular flexibility index (Phi) is 4.14. The Balaban J connectivity index is 2.03. The van der Waals surface area contributed by atoms with Gasteiger partial charge in [0.15, 0.2) is 9.84 Å². The summed E-state index contributed by atoms with van der Waals surface area (Å²) in [6.45, 7) is 0.398. The molecule has 1 heterocycles. The lowest BCUT2D eigenvalue weighted by atomic mass is 10.2. The highest BCUT2D eigenvalue weighted by molar-refractivity contribution is 7.90. The van der Waals surface area contributed by atoms with Crippen molar-refractivity contribution in [2.75, 3.05) is 6.26 Å². The maximum atomic E-state index is 11.9. The topological polar surface area (TPSA) is 76.1 Å². The van der Waals surface area contributed by atoms with Gasteiger partial charge in [-0.25, -0.2) is 8.42 Å². The zero-order valence-corrected chi connectivity index (χ0v) is 11.7. The highest BCUT2D eigenvalue weighted by Crippen LogP contribution is 2.10. The summed E-state index contributed by atoms with van der Waals surface area (Å²) in [6, 6.07) is 9.48. The number of nitrogens with one attached hydrogen (secondary N) is 1. The summed E-state index contributed by atoms with van der Waals surface area (Å²) in [4.78, 5) is 16.0. The first kappa shape index (κ1) is 14.2. The number of carbonyl (C=O) groups excluding carboxylic acids is 1. The number of pyridine rings is 1. The van der Waals surface area contributed by atoms with Crippen LogP contribution in [0.4, 0.5) is 0 Å². The van der Waals surface area contributed by atoms with E-state index >= 15 is 0 Å². The summed E-state index contributed by atoms with van der Waals surface area (Å²) in [7, 11) is -3.24. The number of sulfone groups is 1. The Labute approximate surface area is 117 Å². The molecule has 0 aliphatic carbocycles. The molecule has 0 saturated carbocycles. The van der Waals surface area contributed by atoms with E-state index in [9.17, 15) is 13.2 Å². The first-order valence-electron chi connectivity index (χ1n) is 5.94. The molecule has 1 aromatic heterocycles. The molecule has 1 amide bonds. The van der Waals surface area contributed by atoms with Crippen LogP contribution in [0.2, 0.25) is 0 Å². The monoisotopic (exact) mass is 290 g/mol. The third-order valence-corrected chi connectivity index (χ3v) is 3.88. The van der Waals surface area contributed by atoms with Gasteiger partial charge in [-0.15, -0.1) is 0 Å². The van der Waals surface area contributed by atoms with E-state index in [-0.39, 0.29) is 10.8 Å². The molecule has 0 bridgehead atoms. The lowest BCUT2D eigenvalue weighted by Crippen LogP contribution is -2.22. The number of benzene rings is 1. The highest BCUT2D eigenvalue weighted by atomic mass is 32.2. The van der Waals surface area contributed by atoms with Crippen LogP contribution in [0.1, 0.15) is 15.9 Å². The number of rotatable bonds is 4. The van der Waals surface area contributed by atoms with Gasteiger partial charge in [0.25, 0.3) is 5.91 Å². The molecule has 0 unspecified atom stereocenters. The number of carbonyl (C=O) groups is 1. The van der Waals surface area contributed by atoms with Crippen LogP contribution >= 0.6 is 0 Å². The molecular weight excluding hydrogens is 276 g/mol. The van der Waals surface area contributed by atoms with Gasteiger partial charge in [-0.3, -0.25) is 9.78 Å². The molecule has 0 saturated heterocycles. The Morgan fingerprint density at radius 3 is 2.25 bits per heavy atom. The fraction of sp³-hybridized carbons (Fsp3) is 0.143. The van der Waals surface area contributed by atoms with Crippen LogP contribution < -0.4 is 5.32 Å². The van der Waals surface area contributed by atoms with E-state index in [2.05, 4.69) is 10.3 Å². The molecule has 0 spiro atoms. The second kappa shape index (κ2) is 5.83. The maximum Gasteiger partial charge on any atom is 0.251 e. The highest BCUT2D eigenvalue weighted by Gasteiger charge is 2.09. The Hall–Kier alpha value is -2.21. The van der Waals surface area contributed by atoms with Crippen molar-refractivity contribution < 1.29 is 13.2 Å². The van der Waals surface area contributed by atoms with Crippen LogP contribution in [0, 0.1) is 0 Å². The quantitative estimate of drug-likeness (QED) is 0.924. The van der Waals surface area contributed by atoms with Gasteiger partial charge in [0.1, 0.15) is 0 Å². The van der Waals surface area contributed by atoms with E-state index in [1.165, 1.54) is 24.3 Å². The first-order valence-corrected chi connectivity index (χ1v) is 7.83.